The van der Waals surface area contributed by atoms with Crippen molar-refractivity contribution < 1.29 is 14.7 Å². The Morgan fingerprint density at radius 3 is 2.58 bits per heavy atom. The van der Waals surface area contributed by atoms with Gasteiger partial charge in [-0.05, 0) is 12.3 Å². The Morgan fingerprint density at radius 2 is 2.16 bits per heavy atom. The number of rotatable bonds is 6. The van der Waals surface area contributed by atoms with Gasteiger partial charge in [-0.3, -0.25) is 14.7 Å². The third kappa shape index (κ3) is 4.44. The highest BCUT2D eigenvalue weighted by molar-refractivity contribution is 6.35. The van der Waals surface area contributed by atoms with E-state index in [1.165, 1.54) is 0 Å². The van der Waals surface area contributed by atoms with Crippen molar-refractivity contribution in [3.05, 3.63) is 10.7 Å². The molecular weight excluding hydrogens is 272 g/mol. The van der Waals surface area contributed by atoms with Crippen molar-refractivity contribution in [3.63, 3.8) is 0 Å². The third-order valence-electron chi connectivity index (χ3n) is 2.47. The van der Waals surface area contributed by atoms with E-state index < -0.39 is 17.9 Å². The number of halogens is 1. The van der Waals surface area contributed by atoms with E-state index in [9.17, 15) is 9.59 Å². The molecule has 0 saturated carbocycles. The first-order chi connectivity index (χ1) is 8.81. The number of hydrogen-bond acceptors (Lipinski definition) is 4. The Morgan fingerprint density at radius 1 is 1.53 bits per heavy atom. The number of nitrogens with one attached hydrogen (secondary N) is 2. The number of aromatic amines is 1. The fourth-order valence-corrected chi connectivity index (χ4v) is 1.89. The molecule has 19 heavy (non-hydrogen) atoms. The van der Waals surface area contributed by atoms with Gasteiger partial charge < -0.3 is 16.2 Å². The van der Waals surface area contributed by atoms with E-state index in [0.717, 1.165) is 0 Å². The number of carbonyl (C=O) groups excluding carboxylic acids is 1. The Hall–Kier alpha value is -1.76. The zero-order chi connectivity index (χ0) is 14.6. The van der Waals surface area contributed by atoms with Crippen molar-refractivity contribution in [2.24, 2.45) is 5.92 Å². The molecule has 0 saturated heterocycles. The molecule has 1 aromatic heterocycles. The molecule has 1 rings (SSSR count). The van der Waals surface area contributed by atoms with E-state index >= 15 is 0 Å². The lowest BCUT2D eigenvalue weighted by molar-refractivity contribution is -0.137. The van der Waals surface area contributed by atoms with Crippen LogP contribution in [-0.4, -0.2) is 33.2 Å². The number of amides is 1. The Labute approximate surface area is 115 Å². The van der Waals surface area contributed by atoms with Crippen LogP contribution in [0.4, 0.5) is 5.82 Å². The average molecular weight is 289 g/mol. The van der Waals surface area contributed by atoms with Gasteiger partial charge in [-0.15, -0.1) is 0 Å². The van der Waals surface area contributed by atoms with Gasteiger partial charge in [0.05, 0.1) is 6.42 Å². The first-order valence-corrected chi connectivity index (χ1v) is 6.21. The van der Waals surface area contributed by atoms with Crippen molar-refractivity contribution in [2.75, 3.05) is 5.73 Å². The number of aliphatic carboxylic acids is 1. The number of carbonyl (C=O) groups is 2. The van der Waals surface area contributed by atoms with Gasteiger partial charge in [-0.25, -0.2) is 0 Å². The Kier molecular flexibility index (Phi) is 5.17. The first-order valence-electron chi connectivity index (χ1n) is 5.83. The number of hydrogen-bond donors (Lipinski definition) is 4. The highest BCUT2D eigenvalue weighted by Gasteiger charge is 2.21. The second-order valence-corrected chi connectivity index (χ2v) is 5.07. The number of nitrogens with zero attached hydrogens (tertiary/aromatic N) is 1. The summed E-state index contributed by atoms with van der Waals surface area (Å²) in [4.78, 5) is 22.7. The van der Waals surface area contributed by atoms with Crippen LogP contribution < -0.4 is 11.1 Å². The Bertz CT molecular complexity index is 473. The molecule has 1 heterocycles. The molecule has 106 valence electrons. The lowest BCUT2D eigenvalue weighted by atomic mass is 10.0. The average Bonchev–Trinajstić information content (AvgIpc) is 2.57. The standard InChI is InChI=1S/C11H17ClN4O3/c1-5(2)3-6(4-7(17)18)14-11(19)9-8(12)10(13)16-15-9/h5-6H,3-4H2,1-2H3,(H,14,19)(H,17,18)(H3,13,15,16)/t6-/m1/s1. The molecule has 1 amide bonds. The zero-order valence-electron chi connectivity index (χ0n) is 10.7. The largest absolute Gasteiger partial charge is 0.481 e. The molecule has 0 unspecified atom stereocenters. The molecule has 8 heteroatoms. The monoisotopic (exact) mass is 288 g/mol. The number of carboxylic acid groups (broad SMARTS) is 1. The second-order valence-electron chi connectivity index (χ2n) is 4.70. The molecule has 0 spiro atoms. The molecule has 0 aromatic carbocycles. The second kappa shape index (κ2) is 6.42. The molecule has 0 fully saturated rings. The fraction of sp³-hybridized carbons (Fsp3) is 0.545. The Balaban J connectivity index is 2.75. The van der Waals surface area contributed by atoms with E-state index in [0.29, 0.717) is 6.42 Å². The van der Waals surface area contributed by atoms with Crippen LogP contribution >= 0.6 is 11.6 Å². The number of nitrogens with two attached hydrogens (primary N) is 1. The smallest absolute Gasteiger partial charge is 0.305 e. The van der Waals surface area contributed by atoms with Crippen LogP contribution in [0.1, 0.15) is 37.2 Å². The van der Waals surface area contributed by atoms with E-state index in [4.69, 9.17) is 22.4 Å². The van der Waals surface area contributed by atoms with Gasteiger partial charge >= 0.3 is 5.97 Å². The molecular formula is C11H17ClN4O3. The molecule has 5 N–H and O–H groups in total. The van der Waals surface area contributed by atoms with E-state index in [1.807, 2.05) is 13.8 Å². The number of carboxylic acids is 1. The maximum absolute atomic E-state index is 11.9. The maximum Gasteiger partial charge on any atom is 0.305 e. The fourth-order valence-electron chi connectivity index (χ4n) is 1.72. The number of nitrogen functional groups attached to an aromatic ring is 1. The van der Waals surface area contributed by atoms with Crippen molar-refractivity contribution in [3.8, 4) is 0 Å². The topological polar surface area (TPSA) is 121 Å². The van der Waals surface area contributed by atoms with Gasteiger partial charge in [0, 0.05) is 6.04 Å². The lowest BCUT2D eigenvalue weighted by Gasteiger charge is -2.18. The van der Waals surface area contributed by atoms with Crippen molar-refractivity contribution in [1.29, 1.82) is 0 Å². The number of aromatic nitrogens is 2. The summed E-state index contributed by atoms with van der Waals surface area (Å²) in [6.45, 7) is 3.89. The van der Waals surface area contributed by atoms with Gasteiger partial charge in [0.2, 0.25) is 0 Å². The SMILES string of the molecule is CC(C)C[C@H](CC(=O)O)NC(=O)c1[nH]nc(N)c1Cl. The molecule has 7 nitrogen and oxygen atoms in total. The van der Waals surface area contributed by atoms with Gasteiger partial charge in [-0.2, -0.15) is 5.10 Å². The van der Waals surface area contributed by atoms with Gasteiger partial charge in [0.25, 0.3) is 5.91 Å². The summed E-state index contributed by atoms with van der Waals surface area (Å²) < 4.78 is 0. The molecule has 0 aliphatic carbocycles. The predicted octanol–water partition coefficient (Wildman–Crippen LogP) is 1.26. The van der Waals surface area contributed by atoms with Crippen LogP contribution in [0.15, 0.2) is 0 Å². The molecule has 0 radical (unpaired) electrons. The zero-order valence-corrected chi connectivity index (χ0v) is 11.5. The van der Waals surface area contributed by atoms with Crippen LogP contribution in [0.25, 0.3) is 0 Å². The third-order valence-corrected chi connectivity index (χ3v) is 2.85. The molecule has 0 bridgehead atoms. The summed E-state index contributed by atoms with van der Waals surface area (Å²) in [5.41, 5.74) is 5.46. The number of anilines is 1. The molecule has 1 atom stereocenters. The van der Waals surface area contributed by atoms with E-state index in [-0.39, 0.29) is 28.9 Å². The van der Waals surface area contributed by atoms with Crippen molar-refractivity contribution in [1.82, 2.24) is 15.5 Å². The quantitative estimate of drug-likeness (QED) is 0.628. The summed E-state index contributed by atoms with van der Waals surface area (Å²) >= 11 is 5.80. The van der Waals surface area contributed by atoms with Crippen LogP contribution in [-0.2, 0) is 4.79 Å². The first kappa shape index (κ1) is 15.3. The molecule has 0 aliphatic heterocycles. The number of H-pyrrole nitrogens is 1. The van der Waals surface area contributed by atoms with Crippen molar-refractivity contribution in [2.45, 2.75) is 32.7 Å². The highest BCUT2D eigenvalue weighted by Crippen LogP contribution is 2.20. The summed E-state index contributed by atoms with van der Waals surface area (Å²) in [6.07, 6.45) is 0.407. The summed E-state index contributed by atoms with van der Waals surface area (Å²) in [5.74, 6) is -1.19. The normalized spacial score (nSPS) is 12.4. The summed E-state index contributed by atoms with van der Waals surface area (Å²) in [7, 11) is 0. The van der Waals surface area contributed by atoms with Crippen LogP contribution in [0, 0.1) is 5.92 Å². The van der Waals surface area contributed by atoms with Crippen LogP contribution in [0.5, 0.6) is 0 Å². The minimum absolute atomic E-state index is 0.0328. The molecule has 0 aliphatic rings. The summed E-state index contributed by atoms with van der Waals surface area (Å²) in [5, 5.41) is 17.5. The van der Waals surface area contributed by atoms with Crippen LogP contribution in [0.2, 0.25) is 5.02 Å². The van der Waals surface area contributed by atoms with E-state index in [2.05, 4.69) is 15.5 Å². The summed E-state index contributed by atoms with van der Waals surface area (Å²) in [6, 6.07) is -0.467. The minimum Gasteiger partial charge on any atom is -0.481 e. The highest BCUT2D eigenvalue weighted by atomic mass is 35.5. The maximum atomic E-state index is 11.9. The minimum atomic E-state index is -0.971. The predicted molar refractivity (Wildman–Crippen MR) is 71.0 cm³/mol. The van der Waals surface area contributed by atoms with E-state index in [1.54, 1.807) is 0 Å². The molecule has 1 aromatic rings. The van der Waals surface area contributed by atoms with Crippen molar-refractivity contribution >= 4 is 29.3 Å². The van der Waals surface area contributed by atoms with Gasteiger partial charge in [-0.1, -0.05) is 25.4 Å². The van der Waals surface area contributed by atoms with Gasteiger partial charge in [0.15, 0.2) is 5.82 Å². The van der Waals surface area contributed by atoms with Crippen LogP contribution in [0.3, 0.4) is 0 Å². The van der Waals surface area contributed by atoms with Gasteiger partial charge in [0.1, 0.15) is 10.7 Å². The lowest BCUT2D eigenvalue weighted by Crippen LogP contribution is -2.37.